The van der Waals surface area contributed by atoms with Crippen molar-refractivity contribution in [3.63, 3.8) is 0 Å². The van der Waals surface area contributed by atoms with Crippen LogP contribution in [0.3, 0.4) is 0 Å². The van der Waals surface area contributed by atoms with E-state index < -0.39 is 0 Å². The number of fused-ring (bicyclic) bond motifs is 1. The Morgan fingerprint density at radius 2 is 1.50 bits per heavy atom. The highest BCUT2D eigenvalue weighted by atomic mass is 32.2. The lowest BCUT2D eigenvalue weighted by Gasteiger charge is -2.02. The third-order valence-electron chi connectivity index (χ3n) is 3.88. The average Bonchev–Trinajstić information content (AvgIpc) is 2.95. The highest BCUT2D eigenvalue weighted by Gasteiger charge is 2.23. The van der Waals surface area contributed by atoms with Crippen molar-refractivity contribution in [2.24, 2.45) is 4.99 Å². The molecule has 0 bridgehead atoms. The van der Waals surface area contributed by atoms with Gasteiger partial charge in [-0.05, 0) is 36.2 Å². The van der Waals surface area contributed by atoms with Gasteiger partial charge in [0.2, 0.25) is 0 Å². The second kappa shape index (κ2) is 6.50. The lowest BCUT2D eigenvalue weighted by Crippen LogP contribution is -1.91. The highest BCUT2D eigenvalue weighted by molar-refractivity contribution is 8.15. The van der Waals surface area contributed by atoms with Crippen molar-refractivity contribution in [3.8, 4) is 0 Å². The quantitative estimate of drug-likeness (QED) is 0.557. The van der Waals surface area contributed by atoms with Gasteiger partial charge in [-0.15, -0.1) is 0 Å². The maximum Gasteiger partial charge on any atom is 0.110 e. The summed E-state index contributed by atoms with van der Waals surface area (Å²) in [4.78, 5) is 6.11. The molecule has 115 valence electrons. The Morgan fingerprint density at radius 1 is 0.792 bits per heavy atom. The molecule has 0 fully saturated rings. The molecule has 0 spiro atoms. The monoisotopic (exact) mass is 326 g/mol. The van der Waals surface area contributed by atoms with Crippen LogP contribution >= 0.6 is 11.8 Å². The Kier molecular flexibility index (Phi) is 4.06. The average molecular weight is 326 g/mol. The predicted molar refractivity (Wildman–Crippen MR) is 103 cm³/mol. The molecule has 0 atom stereocenters. The third-order valence-corrected chi connectivity index (χ3v) is 4.95. The lowest BCUT2D eigenvalue weighted by molar-refractivity contribution is 1.42. The van der Waals surface area contributed by atoms with Gasteiger partial charge >= 0.3 is 0 Å². The molecule has 0 aliphatic carbocycles. The molecule has 1 nitrogen and oxygen atoms in total. The molecule has 0 unspecified atom stereocenters. The molecule has 24 heavy (non-hydrogen) atoms. The summed E-state index contributed by atoms with van der Waals surface area (Å²) < 4.78 is 0. The van der Waals surface area contributed by atoms with Crippen LogP contribution in [0.5, 0.6) is 0 Å². The van der Waals surface area contributed by atoms with Gasteiger partial charge in [0.25, 0.3) is 0 Å². The molecule has 0 saturated carbocycles. The van der Waals surface area contributed by atoms with E-state index in [1.807, 2.05) is 18.2 Å². The van der Waals surface area contributed by atoms with E-state index in [-0.39, 0.29) is 0 Å². The molecule has 0 aromatic heterocycles. The molecule has 0 amide bonds. The molecule has 3 aromatic rings. The van der Waals surface area contributed by atoms with Crippen molar-refractivity contribution in [1.29, 1.82) is 0 Å². The summed E-state index contributed by atoms with van der Waals surface area (Å²) in [7, 11) is 0. The second-order valence-electron chi connectivity index (χ2n) is 5.72. The molecule has 1 aliphatic heterocycles. The molecule has 4 rings (SSSR count). The molecule has 3 aromatic carbocycles. The van der Waals surface area contributed by atoms with Crippen LogP contribution in [0.2, 0.25) is 0 Å². The largest absolute Gasteiger partial charge is 0.241 e. The van der Waals surface area contributed by atoms with E-state index in [4.69, 9.17) is 4.99 Å². The Bertz CT molecular complexity index is 922. The van der Waals surface area contributed by atoms with Gasteiger partial charge in [0, 0.05) is 16.5 Å². The van der Waals surface area contributed by atoms with Gasteiger partial charge in [-0.2, -0.15) is 0 Å². The van der Waals surface area contributed by atoms with Gasteiger partial charge in [0.15, 0.2) is 0 Å². The predicted octanol–water partition coefficient (Wildman–Crippen LogP) is 6.07. The zero-order valence-corrected chi connectivity index (χ0v) is 14.2. The van der Waals surface area contributed by atoms with Crippen LogP contribution in [0, 0.1) is 13.0 Å². The van der Waals surface area contributed by atoms with Crippen molar-refractivity contribution in [2.45, 2.75) is 11.8 Å². The van der Waals surface area contributed by atoms with Crippen LogP contribution < -0.4 is 0 Å². The third kappa shape index (κ3) is 3.06. The summed E-state index contributed by atoms with van der Waals surface area (Å²) in [6.07, 6.45) is 3.54. The van der Waals surface area contributed by atoms with Crippen LogP contribution in [0.15, 0.2) is 88.8 Å². The zero-order chi connectivity index (χ0) is 16.4. The molecule has 1 aliphatic rings. The first-order valence-corrected chi connectivity index (χ1v) is 8.73. The number of aliphatic imine (C=N–C) groups is 1. The molecule has 0 saturated heterocycles. The number of aryl methyl sites for hydroxylation is 1. The molecular weight excluding hydrogens is 310 g/mol. The van der Waals surface area contributed by atoms with E-state index in [2.05, 4.69) is 73.7 Å². The molecule has 0 N–H and O–H groups in total. The Labute approximate surface area is 146 Å². The van der Waals surface area contributed by atoms with Crippen LogP contribution in [0.4, 0.5) is 5.69 Å². The summed E-state index contributed by atoms with van der Waals surface area (Å²) in [5, 5.41) is 1.00. The van der Waals surface area contributed by atoms with E-state index in [1.165, 1.54) is 16.0 Å². The van der Waals surface area contributed by atoms with Crippen LogP contribution in [0.25, 0.3) is 5.57 Å². The lowest BCUT2D eigenvalue weighted by atomic mass is 10.0. The number of nitrogens with zero attached hydrogens (tertiary/aromatic N) is 1. The summed E-state index contributed by atoms with van der Waals surface area (Å²) in [5.74, 6) is 0. The van der Waals surface area contributed by atoms with E-state index in [9.17, 15) is 0 Å². The van der Waals surface area contributed by atoms with Crippen molar-refractivity contribution in [2.75, 3.05) is 0 Å². The Balaban J connectivity index is 1.81. The molecule has 1 radical (unpaired) electrons. The first-order valence-electron chi connectivity index (χ1n) is 7.91. The highest BCUT2D eigenvalue weighted by Crippen LogP contribution is 2.42. The van der Waals surface area contributed by atoms with Gasteiger partial charge in [0.1, 0.15) is 5.04 Å². The van der Waals surface area contributed by atoms with Crippen LogP contribution in [0.1, 0.15) is 16.7 Å². The van der Waals surface area contributed by atoms with Gasteiger partial charge in [-0.3, -0.25) is 0 Å². The smallest absolute Gasteiger partial charge is 0.110 e. The second-order valence-corrected chi connectivity index (χ2v) is 6.75. The van der Waals surface area contributed by atoms with Crippen LogP contribution in [-0.4, -0.2) is 5.04 Å². The molecule has 1 heterocycles. The zero-order valence-electron chi connectivity index (χ0n) is 13.4. The number of hydrogen-bond acceptors (Lipinski definition) is 2. The summed E-state index contributed by atoms with van der Waals surface area (Å²) in [6, 6.07) is 27.0. The number of benzene rings is 3. The maximum absolute atomic E-state index is 4.87. The number of rotatable bonds is 2. The minimum atomic E-state index is 0.975. The normalized spacial score (nSPS) is 16.5. The SMILES string of the molecule is Cc1ccc(N=C2Sc3ccccc3C2=[C]c2ccccc2)cc1. The Hall–Kier alpha value is -2.58. The fourth-order valence-corrected chi connectivity index (χ4v) is 3.68. The summed E-state index contributed by atoms with van der Waals surface area (Å²) in [5.41, 5.74) is 5.57. The minimum absolute atomic E-state index is 0.975. The van der Waals surface area contributed by atoms with Gasteiger partial charge < -0.3 is 0 Å². The van der Waals surface area contributed by atoms with E-state index in [1.54, 1.807) is 11.8 Å². The maximum atomic E-state index is 4.87. The topological polar surface area (TPSA) is 12.4 Å². The minimum Gasteiger partial charge on any atom is -0.241 e. The van der Waals surface area contributed by atoms with Crippen molar-refractivity contribution >= 4 is 28.1 Å². The van der Waals surface area contributed by atoms with Gasteiger partial charge in [-0.1, -0.05) is 78.0 Å². The number of hydrogen-bond donors (Lipinski definition) is 0. The van der Waals surface area contributed by atoms with E-state index in [0.717, 1.165) is 21.9 Å². The Morgan fingerprint density at radius 3 is 2.29 bits per heavy atom. The summed E-state index contributed by atoms with van der Waals surface area (Å²) >= 11 is 1.71. The van der Waals surface area contributed by atoms with Gasteiger partial charge in [0.05, 0.1) is 5.69 Å². The molecule has 2 heteroatoms. The fraction of sp³-hybridized carbons (Fsp3) is 0.0455. The van der Waals surface area contributed by atoms with Gasteiger partial charge in [-0.25, -0.2) is 4.99 Å². The van der Waals surface area contributed by atoms with E-state index >= 15 is 0 Å². The van der Waals surface area contributed by atoms with Crippen molar-refractivity contribution in [1.82, 2.24) is 0 Å². The van der Waals surface area contributed by atoms with Crippen molar-refractivity contribution in [3.05, 3.63) is 102 Å². The van der Waals surface area contributed by atoms with E-state index in [0.29, 0.717) is 0 Å². The van der Waals surface area contributed by atoms with Crippen molar-refractivity contribution < 1.29 is 0 Å². The first kappa shape index (κ1) is 15.0. The summed E-state index contributed by atoms with van der Waals surface area (Å²) in [6.45, 7) is 2.09. The van der Waals surface area contributed by atoms with Crippen LogP contribution in [-0.2, 0) is 0 Å². The standard InChI is InChI=1S/C22H16NS/c1-16-11-13-18(14-12-16)23-22-20(15-17-7-3-2-4-8-17)19-9-5-6-10-21(19)24-22/h2-14H,1H3. The fourth-order valence-electron chi connectivity index (χ4n) is 2.63. The molecular formula is C22H16NS. The first-order chi connectivity index (χ1) is 11.8. The number of thioether (sulfide) groups is 1.